The second kappa shape index (κ2) is 5.69. The van der Waals surface area contributed by atoms with Gasteiger partial charge in [-0.05, 0) is 36.9 Å². The number of benzene rings is 1. The predicted octanol–water partition coefficient (Wildman–Crippen LogP) is 1.96. The lowest BCUT2D eigenvalue weighted by molar-refractivity contribution is 0.0697. The number of ether oxygens (including phenoxy) is 1. The molecule has 0 fully saturated rings. The van der Waals surface area contributed by atoms with Crippen LogP contribution in [0.2, 0.25) is 0 Å². The van der Waals surface area contributed by atoms with Crippen LogP contribution in [0, 0.1) is 0 Å². The second-order valence-corrected chi connectivity index (χ2v) is 3.36. The Morgan fingerprint density at radius 2 is 2.24 bits per heavy atom. The Morgan fingerprint density at radius 1 is 1.53 bits per heavy atom. The summed E-state index contributed by atoms with van der Waals surface area (Å²) in [7, 11) is 1.48. The van der Waals surface area contributed by atoms with Crippen LogP contribution in [0.3, 0.4) is 0 Å². The molecule has 0 radical (unpaired) electrons. The third kappa shape index (κ3) is 3.34. The van der Waals surface area contributed by atoms with E-state index in [0.29, 0.717) is 11.4 Å². The number of aromatic carboxylic acids is 1. The van der Waals surface area contributed by atoms with Gasteiger partial charge in [-0.3, -0.25) is 4.99 Å². The maximum Gasteiger partial charge on any atom is 0.338 e. The van der Waals surface area contributed by atoms with Gasteiger partial charge in [-0.2, -0.15) is 0 Å². The quantitative estimate of drug-likeness (QED) is 0.780. The van der Waals surface area contributed by atoms with E-state index in [1.54, 1.807) is 19.1 Å². The summed E-state index contributed by atoms with van der Waals surface area (Å²) < 4.78 is 4.96. The van der Waals surface area contributed by atoms with Crippen LogP contribution in [0.15, 0.2) is 35.0 Å². The highest BCUT2D eigenvalue weighted by molar-refractivity contribution is 5.95. The fourth-order valence-electron chi connectivity index (χ4n) is 1.14. The lowest BCUT2D eigenvalue weighted by atomic mass is 10.1. The molecule has 5 nitrogen and oxygen atoms in total. The van der Waals surface area contributed by atoms with Crippen molar-refractivity contribution < 1.29 is 14.6 Å². The van der Waals surface area contributed by atoms with Crippen molar-refractivity contribution in [2.45, 2.75) is 6.92 Å². The molecular weight excluding hydrogens is 220 g/mol. The molecule has 17 heavy (non-hydrogen) atoms. The lowest BCUT2D eigenvalue weighted by Crippen LogP contribution is -1.98. The molecule has 0 heterocycles. The topological polar surface area (TPSA) is 84.9 Å². The summed E-state index contributed by atoms with van der Waals surface area (Å²) in [4.78, 5) is 15.1. The summed E-state index contributed by atoms with van der Waals surface area (Å²) in [6, 6.07) is 4.67. The van der Waals surface area contributed by atoms with Crippen molar-refractivity contribution in [2.75, 3.05) is 7.11 Å². The van der Waals surface area contributed by atoms with E-state index in [1.165, 1.54) is 25.6 Å². The van der Waals surface area contributed by atoms with E-state index in [4.69, 9.17) is 15.6 Å². The standard InChI is InChI=1S/C12H14N2O3/c1-8(6-13)7-14-11-4-3-9(17-2)5-10(11)12(15)16/h3-7H,13H2,1-2H3,(H,15,16)/b8-6+,14-7+. The molecule has 0 aliphatic heterocycles. The summed E-state index contributed by atoms with van der Waals surface area (Å²) in [5, 5.41) is 9.04. The number of carbonyl (C=O) groups is 1. The zero-order valence-electron chi connectivity index (χ0n) is 9.68. The van der Waals surface area contributed by atoms with E-state index in [-0.39, 0.29) is 5.56 Å². The Kier molecular flexibility index (Phi) is 4.28. The first-order valence-corrected chi connectivity index (χ1v) is 4.92. The lowest BCUT2D eigenvalue weighted by Gasteiger charge is -2.04. The molecule has 0 saturated carbocycles. The van der Waals surface area contributed by atoms with Gasteiger partial charge < -0.3 is 15.6 Å². The number of allylic oxidation sites excluding steroid dienone is 1. The average Bonchev–Trinajstić information content (AvgIpc) is 2.35. The van der Waals surface area contributed by atoms with Crippen LogP contribution < -0.4 is 10.5 Å². The number of nitrogens with zero attached hydrogens (tertiary/aromatic N) is 1. The predicted molar refractivity (Wildman–Crippen MR) is 66.0 cm³/mol. The van der Waals surface area contributed by atoms with Gasteiger partial charge in [-0.1, -0.05) is 0 Å². The molecule has 0 aromatic heterocycles. The zero-order chi connectivity index (χ0) is 12.8. The highest BCUT2D eigenvalue weighted by Crippen LogP contribution is 2.24. The first kappa shape index (κ1) is 12.8. The molecule has 0 unspecified atom stereocenters. The summed E-state index contributed by atoms with van der Waals surface area (Å²) in [5.74, 6) is -0.571. The van der Waals surface area contributed by atoms with Gasteiger partial charge in [-0.25, -0.2) is 4.79 Å². The molecule has 0 saturated heterocycles. The average molecular weight is 234 g/mol. The van der Waals surface area contributed by atoms with Gasteiger partial charge >= 0.3 is 5.97 Å². The Hall–Kier alpha value is -2.30. The summed E-state index contributed by atoms with van der Waals surface area (Å²) in [6.45, 7) is 1.77. The first-order valence-electron chi connectivity index (χ1n) is 4.92. The molecule has 0 spiro atoms. The molecular formula is C12H14N2O3. The minimum Gasteiger partial charge on any atom is -0.497 e. The van der Waals surface area contributed by atoms with E-state index < -0.39 is 5.97 Å². The Labute approximate surface area is 99.2 Å². The second-order valence-electron chi connectivity index (χ2n) is 3.36. The number of hydrogen-bond acceptors (Lipinski definition) is 4. The van der Waals surface area contributed by atoms with Crippen LogP contribution in [0.4, 0.5) is 5.69 Å². The van der Waals surface area contributed by atoms with Crippen LogP contribution in [-0.2, 0) is 0 Å². The van der Waals surface area contributed by atoms with Crippen molar-refractivity contribution in [1.29, 1.82) is 0 Å². The fraction of sp³-hybridized carbons (Fsp3) is 0.167. The highest BCUT2D eigenvalue weighted by atomic mass is 16.5. The van der Waals surface area contributed by atoms with Crippen molar-refractivity contribution in [3.05, 3.63) is 35.5 Å². The van der Waals surface area contributed by atoms with Crippen molar-refractivity contribution in [2.24, 2.45) is 10.7 Å². The number of carboxylic acid groups (broad SMARTS) is 1. The Bertz CT molecular complexity index is 479. The van der Waals surface area contributed by atoms with Crippen LogP contribution >= 0.6 is 0 Å². The van der Waals surface area contributed by atoms with Crippen LogP contribution in [0.25, 0.3) is 0 Å². The van der Waals surface area contributed by atoms with E-state index in [2.05, 4.69) is 4.99 Å². The minimum absolute atomic E-state index is 0.0884. The third-order valence-corrected chi connectivity index (χ3v) is 2.10. The van der Waals surface area contributed by atoms with Gasteiger partial charge in [0.1, 0.15) is 5.75 Å². The minimum atomic E-state index is -1.05. The molecule has 1 aromatic carbocycles. The SMILES string of the molecule is COc1ccc(/N=C/C(C)=C/N)c(C(=O)O)c1. The molecule has 0 amide bonds. The van der Waals surface area contributed by atoms with Gasteiger partial charge in [0.2, 0.25) is 0 Å². The van der Waals surface area contributed by atoms with Crippen LogP contribution in [-0.4, -0.2) is 24.4 Å². The van der Waals surface area contributed by atoms with Crippen LogP contribution in [0.5, 0.6) is 5.75 Å². The van der Waals surface area contributed by atoms with Gasteiger partial charge in [-0.15, -0.1) is 0 Å². The maximum atomic E-state index is 11.0. The number of rotatable bonds is 4. The largest absolute Gasteiger partial charge is 0.497 e. The summed E-state index contributed by atoms with van der Waals surface area (Å²) >= 11 is 0. The molecule has 0 atom stereocenters. The monoisotopic (exact) mass is 234 g/mol. The number of carboxylic acids is 1. The zero-order valence-corrected chi connectivity index (χ0v) is 9.68. The number of methoxy groups -OCH3 is 1. The van der Waals surface area contributed by atoms with Gasteiger partial charge in [0.15, 0.2) is 0 Å². The summed E-state index contributed by atoms with van der Waals surface area (Å²) in [6.07, 6.45) is 2.90. The van der Waals surface area contributed by atoms with Crippen molar-refractivity contribution in [3.8, 4) is 5.75 Å². The normalized spacial score (nSPS) is 11.8. The van der Waals surface area contributed by atoms with E-state index in [1.807, 2.05) is 0 Å². The van der Waals surface area contributed by atoms with Gasteiger partial charge in [0, 0.05) is 6.21 Å². The van der Waals surface area contributed by atoms with E-state index in [0.717, 1.165) is 5.57 Å². The van der Waals surface area contributed by atoms with E-state index >= 15 is 0 Å². The number of hydrogen-bond donors (Lipinski definition) is 2. The molecule has 0 bridgehead atoms. The first-order chi connectivity index (χ1) is 8.08. The van der Waals surface area contributed by atoms with Crippen molar-refractivity contribution in [3.63, 3.8) is 0 Å². The maximum absolute atomic E-state index is 11.0. The number of nitrogens with two attached hydrogens (primary N) is 1. The molecule has 1 rings (SSSR count). The molecule has 90 valence electrons. The van der Waals surface area contributed by atoms with Crippen molar-refractivity contribution in [1.82, 2.24) is 0 Å². The summed E-state index contributed by atoms with van der Waals surface area (Å²) in [5.41, 5.74) is 6.49. The van der Waals surface area contributed by atoms with E-state index in [9.17, 15) is 4.79 Å². The fourth-order valence-corrected chi connectivity index (χ4v) is 1.14. The highest BCUT2D eigenvalue weighted by Gasteiger charge is 2.10. The Balaban J connectivity index is 3.15. The Morgan fingerprint density at radius 3 is 2.76 bits per heavy atom. The molecule has 0 aliphatic carbocycles. The van der Waals surface area contributed by atoms with Gasteiger partial charge in [0.25, 0.3) is 0 Å². The third-order valence-electron chi connectivity index (χ3n) is 2.10. The molecule has 5 heteroatoms. The van der Waals surface area contributed by atoms with Gasteiger partial charge in [0.05, 0.1) is 18.4 Å². The molecule has 3 N–H and O–H groups in total. The molecule has 1 aromatic rings. The van der Waals surface area contributed by atoms with Crippen molar-refractivity contribution >= 4 is 17.9 Å². The smallest absolute Gasteiger partial charge is 0.338 e. The van der Waals surface area contributed by atoms with Crippen LogP contribution in [0.1, 0.15) is 17.3 Å². The number of aliphatic imine (C=N–C) groups is 1. The molecule has 0 aliphatic rings.